The molecule has 0 aromatic carbocycles. The molecule has 2 heteroatoms. The maximum atomic E-state index is 12.0. The Morgan fingerprint density at radius 2 is 1.86 bits per heavy atom. The molecule has 0 radical (unpaired) electrons. The summed E-state index contributed by atoms with van der Waals surface area (Å²) in [5, 5.41) is 0. The first-order valence-electron chi connectivity index (χ1n) is 5.71. The average molecular weight is 194 g/mol. The minimum atomic E-state index is -0.310. The molecular weight excluding hydrogens is 176 g/mol. The summed E-state index contributed by atoms with van der Waals surface area (Å²) in [6.07, 6.45) is 3.86. The Hall–Kier alpha value is -0.530. The van der Waals surface area contributed by atoms with Gasteiger partial charge in [-0.3, -0.25) is 4.79 Å². The highest BCUT2D eigenvalue weighted by molar-refractivity contribution is 5.88. The lowest BCUT2D eigenvalue weighted by atomic mass is 9.82. The molecule has 3 fully saturated rings. The smallest absolute Gasteiger partial charge is 0.313 e. The number of hydrogen-bond donors (Lipinski definition) is 0. The highest BCUT2D eigenvalue weighted by atomic mass is 16.6. The van der Waals surface area contributed by atoms with Gasteiger partial charge in [0.05, 0.1) is 5.41 Å². The Bertz CT molecular complexity index is 278. The summed E-state index contributed by atoms with van der Waals surface area (Å²) in [7, 11) is 0. The highest BCUT2D eigenvalue weighted by Crippen LogP contribution is 2.89. The van der Waals surface area contributed by atoms with Crippen molar-refractivity contribution in [2.75, 3.05) is 0 Å². The molecule has 0 aromatic rings. The Balaban J connectivity index is 1.71. The minimum absolute atomic E-state index is 0.0333. The van der Waals surface area contributed by atoms with Crippen molar-refractivity contribution in [2.45, 2.75) is 45.6 Å². The average Bonchev–Trinajstić information content (AvgIpc) is 2.89. The highest BCUT2D eigenvalue weighted by Gasteiger charge is 2.91. The van der Waals surface area contributed by atoms with Crippen molar-refractivity contribution in [2.24, 2.45) is 23.2 Å². The van der Waals surface area contributed by atoms with Crippen LogP contribution in [0.4, 0.5) is 0 Å². The molecule has 0 aromatic heterocycles. The van der Waals surface area contributed by atoms with Crippen molar-refractivity contribution in [3.05, 3.63) is 0 Å². The number of ether oxygens (including phenoxy) is 1. The molecule has 3 saturated carbocycles. The third-order valence-electron chi connectivity index (χ3n) is 4.21. The first kappa shape index (κ1) is 8.75. The molecule has 0 spiro atoms. The van der Waals surface area contributed by atoms with Crippen LogP contribution in [0.25, 0.3) is 0 Å². The van der Waals surface area contributed by atoms with Crippen LogP contribution in [-0.4, -0.2) is 11.6 Å². The zero-order valence-corrected chi connectivity index (χ0v) is 9.17. The lowest BCUT2D eigenvalue weighted by molar-refractivity contribution is -0.161. The third kappa shape index (κ3) is 0.850. The van der Waals surface area contributed by atoms with Gasteiger partial charge >= 0.3 is 5.97 Å². The van der Waals surface area contributed by atoms with Crippen LogP contribution in [0.2, 0.25) is 0 Å². The topological polar surface area (TPSA) is 26.3 Å². The zero-order valence-electron chi connectivity index (χ0n) is 9.17. The molecule has 2 unspecified atom stereocenters. The lowest BCUT2D eigenvalue weighted by Gasteiger charge is -2.27. The van der Waals surface area contributed by atoms with E-state index in [0.717, 1.165) is 5.92 Å². The van der Waals surface area contributed by atoms with E-state index >= 15 is 0 Å². The van der Waals surface area contributed by atoms with Gasteiger partial charge in [-0.1, -0.05) is 6.42 Å². The van der Waals surface area contributed by atoms with E-state index in [9.17, 15) is 4.79 Å². The fraction of sp³-hybridized carbons (Fsp3) is 0.917. The fourth-order valence-electron chi connectivity index (χ4n) is 3.66. The van der Waals surface area contributed by atoms with Crippen molar-refractivity contribution in [3.8, 4) is 0 Å². The summed E-state index contributed by atoms with van der Waals surface area (Å²) in [6, 6.07) is 0. The van der Waals surface area contributed by atoms with Gasteiger partial charge in [-0.15, -0.1) is 0 Å². The van der Waals surface area contributed by atoms with Crippen molar-refractivity contribution in [3.63, 3.8) is 0 Å². The van der Waals surface area contributed by atoms with Crippen LogP contribution in [0.1, 0.15) is 40.0 Å². The van der Waals surface area contributed by atoms with Crippen LogP contribution in [0.5, 0.6) is 0 Å². The van der Waals surface area contributed by atoms with E-state index in [4.69, 9.17) is 4.74 Å². The molecule has 3 aliphatic carbocycles. The Labute approximate surface area is 85.0 Å². The summed E-state index contributed by atoms with van der Waals surface area (Å²) >= 11 is 0. The number of fused-ring (bicyclic) bond motifs is 2. The monoisotopic (exact) mass is 194 g/mol. The number of esters is 1. The third-order valence-corrected chi connectivity index (χ3v) is 4.21. The van der Waals surface area contributed by atoms with Gasteiger partial charge in [-0.25, -0.2) is 0 Å². The fourth-order valence-corrected chi connectivity index (χ4v) is 3.66. The first-order chi connectivity index (χ1) is 6.48. The van der Waals surface area contributed by atoms with Gasteiger partial charge in [-0.2, -0.15) is 0 Å². The normalized spacial score (nSPS) is 48.1. The van der Waals surface area contributed by atoms with Crippen molar-refractivity contribution < 1.29 is 9.53 Å². The molecular formula is C12H18O2. The maximum Gasteiger partial charge on any atom is 0.313 e. The summed E-state index contributed by atoms with van der Waals surface area (Å²) < 4.78 is 5.50. The quantitative estimate of drug-likeness (QED) is 0.599. The molecule has 3 aliphatic rings. The standard InChI is InChI=1S/C12H18O2/c1-11(2,3)14-10(13)12-7-5-4-6-8(12)9(7)12/h7-9H,4-6H2,1-3H3. The van der Waals surface area contributed by atoms with E-state index < -0.39 is 0 Å². The van der Waals surface area contributed by atoms with Gasteiger partial charge < -0.3 is 4.74 Å². The molecule has 3 rings (SSSR count). The summed E-state index contributed by atoms with van der Waals surface area (Å²) in [4.78, 5) is 12.0. The van der Waals surface area contributed by atoms with E-state index in [0.29, 0.717) is 11.8 Å². The van der Waals surface area contributed by atoms with Gasteiger partial charge in [0.15, 0.2) is 0 Å². The number of hydrogen-bond acceptors (Lipinski definition) is 2. The van der Waals surface area contributed by atoms with E-state index in [2.05, 4.69) is 0 Å². The van der Waals surface area contributed by atoms with Crippen molar-refractivity contribution >= 4 is 5.97 Å². The maximum absolute atomic E-state index is 12.0. The largest absolute Gasteiger partial charge is 0.460 e. The van der Waals surface area contributed by atoms with Crippen LogP contribution in [0.3, 0.4) is 0 Å². The van der Waals surface area contributed by atoms with Gasteiger partial charge in [0, 0.05) is 0 Å². The minimum Gasteiger partial charge on any atom is -0.460 e. The molecule has 14 heavy (non-hydrogen) atoms. The summed E-state index contributed by atoms with van der Waals surface area (Å²) in [5.41, 5.74) is -0.276. The van der Waals surface area contributed by atoms with E-state index in [-0.39, 0.29) is 17.0 Å². The van der Waals surface area contributed by atoms with Crippen LogP contribution in [0, 0.1) is 23.2 Å². The second kappa shape index (κ2) is 2.17. The Morgan fingerprint density at radius 1 is 1.29 bits per heavy atom. The van der Waals surface area contributed by atoms with Crippen LogP contribution in [-0.2, 0) is 9.53 Å². The second-order valence-corrected chi connectivity index (χ2v) is 6.10. The van der Waals surface area contributed by atoms with E-state index in [1.165, 1.54) is 19.3 Å². The van der Waals surface area contributed by atoms with E-state index in [1.807, 2.05) is 20.8 Å². The second-order valence-electron chi connectivity index (χ2n) is 6.10. The molecule has 0 saturated heterocycles. The number of rotatable bonds is 1. The molecule has 0 bridgehead atoms. The Morgan fingerprint density at radius 3 is 2.29 bits per heavy atom. The molecule has 2 atom stereocenters. The SMILES string of the molecule is CC(C)(C)OC(=O)C12C3CCCC1C32. The lowest BCUT2D eigenvalue weighted by Crippen LogP contribution is -2.31. The molecule has 0 aliphatic heterocycles. The summed E-state index contributed by atoms with van der Waals surface area (Å²) in [5.74, 6) is 2.24. The van der Waals surface area contributed by atoms with Crippen LogP contribution < -0.4 is 0 Å². The molecule has 78 valence electrons. The van der Waals surface area contributed by atoms with Gasteiger partial charge in [-0.05, 0) is 51.4 Å². The van der Waals surface area contributed by atoms with Gasteiger partial charge in [0.25, 0.3) is 0 Å². The first-order valence-corrected chi connectivity index (χ1v) is 5.71. The Kier molecular flexibility index (Phi) is 1.36. The van der Waals surface area contributed by atoms with Gasteiger partial charge in [0.2, 0.25) is 0 Å². The predicted octanol–water partition coefficient (Wildman–Crippen LogP) is 2.37. The molecule has 0 heterocycles. The van der Waals surface area contributed by atoms with Crippen LogP contribution >= 0.6 is 0 Å². The molecule has 0 N–H and O–H groups in total. The van der Waals surface area contributed by atoms with Crippen molar-refractivity contribution in [1.29, 1.82) is 0 Å². The van der Waals surface area contributed by atoms with Crippen LogP contribution in [0.15, 0.2) is 0 Å². The molecule has 2 nitrogen and oxygen atoms in total. The number of carbonyl (C=O) groups is 1. The van der Waals surface area contributed by atoms with E-state index in [1.54, 1.807) is 0 Å². The number of carbonyl (C=O) groups excluding carboxylic acids is 1. The van der Waals surface area contributed by atoms with Gasteiger partial charge in [0.1, 0.15) is 5.60 Å². The summed E-state index contributed by atoms with van der Waals surface area (Å²) in [6.45, 7) is 5.87. The van der Waals surface area contributed by atoms with Crippen molar-refractivity contribution in [1.82, 2.24) is 0 Å². The molecule has 0 amide bonds. The predicted molar refractivity (Wildman–Crippen MR) is 52.6 cm³/mol. The zero-order chi connectivity index (χ0) is 10.1.